The molecule has 0 bridgehead atoms. The van der Waals surface area contributed by atoms with Crippen molar-refractivity contribution >= 4 is 41.2 Å². The average molecular weight is 762 g/mol. The molecule has 0 saturated heterocycles. The van der Waals surface area contributed by atoms with Crippen molar-refractivity contribution in [3.8, 4) is 22.3 Å². The molecular weight excluding hydrogens is 715 g/mol. The maximum absolute atomic E-state index is 4.35. The first-order valence-corrected chi connectivity index (χ1v) is 20.7. The van der Waals surface area contributed by atoms with Crippen molar-refractivity contribution in [2.75, 3.05) is 6.54 Å². The van der Waals surface area contributed by atoms with Crippen molar-refractivity contribution in [2.45, 2.75) is 38.1 Å². The molecule has 0 radical (unpaired) electrons. The molecule has 286 valence electrons. The van der Waals surface area contributed by atoms with E-state index in [-0.39, 0.29) is 5.41 Å². The number of nitrogens with zero attached hydrogens (tertiary/aromatic N) is 3. The Morgan fingerprint density at radius 2 is 1.20 bits per heavy atom. The molecule has 0 fully saturated rings. The van der Waals surface area contributed by atoms with Crippen molar-refractivity contribution in [2.24, 2.45) is 15.0 Å². The Hall–Kier alpha value is -6.97. The van der Waals surface area contributed by atoms with Gasteiger partial charge in [-0.15, -0.1) is 0 Å². The molecule has 1 unspecified atom stereocenters. The number of benzene rings is 7. The van der Waals surface area contributed by atoms with Crippen molar-refractivity contribution < 1.29 is 0 Å². The van der Waals surface area contributed by atoms with Crippen molar-refractivity contribution in [3.05, 3.63) is 227 Å². The van der Waals surface area contributed by atoms with E-state index in [1.165, 1.54) is 96.0 Å². The summed E-state index contributed by atoms with van der Waals surface area (Å²) in [4.78, 5) is 12.4. The second kappa shape index (κ2) is 16.5. The lowest BCUT2D eigenvalue weighted by atomic mass is 9.68. The minimum Gasteiger partial charge on any atom is -0.296 e. The van der Waals surface area contributed by atoms with Gasteiger partial charge in [-0.1, -0.05) is 182 Å². The van der Waals surface area contributed by atoms with Crippen molar-refractivity contribution in [1.82, 2.24) is 0 Å². The highest BCUT2D eigenvalue weighted by atomic mass is 14.9. The molecule has 0 amide bonds. The van der Waals surface area contributed by atoms with E-state index < -0.39 is 0 Å². The number of amidine groups is 1. The smallest absolute Gasteiger partial charge is 0.154 e. The summed E-state index contributed by atoms with van der Waals surface area (Å²) >= 11 is 0. The highest BCUT2D eigenvalue weighted by molar-refractivity contribution is 6.14. The highest BCUT2D eigenvalue weighted by Gasteiger charge is 2.55. The SMILES string of the molecule is C1=CCCC=C1.C=NC(=NCC)c1cccc2ccccc12.C=NCc1ccc(-c2cccc3c2-c2ccccc2C32C3=C(Cc4ccccc43)c3ccccc32)cc1. The number of allylic oxidation sites excluding steroid dienone is 6. The lowest BCUT2D eigenvalue weighted by Gasteiger charge is -2.33. The van der Waals surface area contributed by atoms with Gasteiger partial charge in [0, 0.05) is 12.1 Å². The topological polar surface area (TPSA) is 37.1 Å². The fourth-order valence-corrected chi connectivity index (χ4v) is 9.61. The van der Waals surface area contributed by atoms with Crippen LogP contribution in [-0.2, 0) is 18.4 Å². The summed E-state index contributed by atoms with van der Waals surface area (Å²) in [6, 6.07) is 57.4. The molecule has 4 aliphatic carbocycles. The van der Waals surface area contributed by atoms with Gasteiger partial charge in [-0.05, 0) is 123 Å². The minimum atomic E-state index is -0.298. The quantitative estimate of drug-likeness (QED) is 0.124. The Kier molecular flexibility index (Phi) is 10.5. The van der Waals surface area contributed by atoms with Crippen molar-refractivity contribution in [1.29, 1.82) is 0 Å². The molecule has 0 aliphatic heterocycles. The van der Waals surface area contributed by atoms with Gasteiger partial charge >= 0.3 is 0 Å². The fourth-order valence-electron chi connectivity index (χ4n) is 9.61. The van der Waals surface area contributed by atoms with E-state index >= 15 is 0 Å². The van der Waals surface area contributed by atoms with Gasteiger partial charge < -0.3 is 0 Å². The van der Waals surface area contributed by atoms with Gasteiger partial charge in [0.1, 0.15) is 0 Å². The minimum absolute atomic E-state index is 0.298. The van der Waals surface area contributed by atoms with Crippen LogP contribution in [-0.4, -0.2) is 25.8 Å². The van der Waals surface area contributed by atoms with Crippen LogP contribution in [0, 0.1) is 0 Å². The Balaban J connectivity index is 0.000000168. The Morgan fingerprint density at radius 1 is 0.593 bits per heavy atom. The second-order valence-electron chi connectivity index (χ2n) is 15.3. The highest BCUT2D eigenvalue weighted by Crippen LogP contribution is 2.67. The molecule has 0 aromatic heterocycles. The molecule has 1 atom stereocenters. The zero-order chi connectivity index (χ0) is 40.2. The summed E-state index contributed by atoms with van der Waals surface area (Å²) in [5, 5.41) is 2.37. The molecule has 3 heteroatoms. The maximum Gasteiger partial charge on any atom is 0.154 e. The molecule has 0 heterocycles. The van der Waals surface area contributed by atoms with E-state index in [0.717, 1.165) is 24.4 Å². The van der Waals surface area contributed by atoms with Gasteiger partial charge in [-0.25, -0.2) is 4.99 Å². The largest absolute Gasteiger partial charge is 0.296 e. The van der Waals surface area contributed by atoms with E-state index in [9.17, 15) is 0 Å². The first-order valence-electron chi connectivity index (χ1n) is 20.7. The maximum atomic E-state index is 4.35. The van der Waals surface area contributed by atoms with Crippen LogP contribution in [0.5, 0.6) is 0 Å². The summed E-state index contributed by atoms with van der Waals surface area (Å²) in [6.45, 7) is 10.6. The number of aliphatic imine (C=N–C) groups is 3. The predicted octanol–water partition coefficient (Wildman–Crippen LogP) is 13.5. The van der Waals surface area contributed by atoms with Crippen LogP contribution in [0.15, 0.2) is 197 Å². The third-order valence-electron chi connectivity index (χ3n) is 12.0. The molecule has 7 aromatic rings. The van der Waals surface area contributed by atoms with Crippen LogP contribution >= 0.6 is 0 Å². The van der Waals surface area contributed by atoms with Crippen LogP contribution < -0.4 is 0 Å². The summed E-state index contributed by atoms with van der Waals surface area (Å²) in [5.41, 5.74) is 18.6. The standard InChI is InChI=1S/C36H25N.C14H14N2.C6H8/c1-37-22-23-17-19-24(20-18-23)26-13-8-16-33-34(26)29-12-5-7-15-32(29)36(33)31-14-6-4-11-28(31)30-21-25-9-2-3-10-27(25)35(30)36;1-3-16-14(15-2)13-10-6-8-11-7-4-5-9-12(11)13;1-2-4-6-5-3-1/h2-20H,1,21-22H2;4-10H,2-3H2,1H3;1-4H,5-6H2. The fraction of sp³-hybridized carbons (Fsp3) is 0.125. The van der Waals surface area contributed by atoms with Crippen LogP contribution in [0.1, 0.15) is 64.3 Å². The zero-order valence-electron chi connectivity index (χ0n) is 33.6. The van der Waals surface area contributed by atoms with Gasteiger partial charge in [0.25, 0.3) is 0 Å². The molecule has 11 rings (SSSR count). The first kappa shape index (κ1) is 37.6. The van der Waals surface area contributed by atoms with Crippen LogP contribution in [0.4, 0.5) is 0 Å². The number of hydrogen-bond donors (Lipinski definition) is 0. The molecule has 3 nitrogen and oxygen atoms in total. The summed E-state index contributed by atoms with van der Waals surface area (Å²) in [7, 11) is 0. The number of hydrogen-bond acceptors (Lipinski definition) is 2. The lowest BCUT2D eigenvalue weighted by Crippen LogP contribution is -2.26. The Morgan fingerprint density at radius 3 is 1.92 bits per heavy atom. The van der Waals surface area contributed by atoms with E-state index in [1.54, 1.807) is 0 Å². The van der Waals surface area contributed by atoms with Crippen LogP contribution in [0.3, 0.4) is 0 Å². The van der Waals surface area contributed by atoms with E-state index in [1.807, 2.05) is 31.2 Å². The molecular formula is C56H47N3. The molecule has 4 aliphatic rings. The molecule has 7 aromatic carbocycles. The third-order valence-corrected chi connectivity index (χ3v) is 12.0. The van der Waals surface area contributed by atoms with Gasteiger partial charge in [0.2, 0.25) is 0 Å². The number of rotatable bonds is 5. The lowest BCUT2D eigenvalue weighted by molar-refractivity contribution is 0.842. The zero-order valence-corrected chi connectivity index (χ0v) is 33.6. The van der Waals surface area contributed by atoms with Crippen molar-refractivity contribution in [3.63, 3.8) is 0 Å². The van der Waals surface area contributed by atoms with Gasteiger partial charge in [0.15, 0.2) is 5.84 Å². The van der Waals surface area contributed by atoms with E-state index in [4.69, 9.17) is 0 Å². The summed E-state index contributed by atoms with van der Waals surface area (Å²) < 4.78 is 0. The molecule has 0 saturated carbocycles. The summed E-state index contributed by atoms with van der Waals surface area (Å²) in [5.74, 6) is 0.722. The molecule has 59 heavy (non-hydrogen) atoms. The molecule has 1 spiro atoms. The average Bonchev–Trinajstić information content (AvgIpc) is 3.93. The van der Waals surface area contributed by atoms with Gasteiger partial charge in [-0.3, -0.25) is 9.98 Å². The predicted molar refractivity (Wildman–Crippen MR) is 252 cm³/mol. The summed E-state index contributed by atoms with van der Waals surface area (Å²) in [6.07, 6.45) is 12.0. The van der Waals surface area contributed by atoms with Gasteiger partial charge in [0.05, 0.1) is 12.0 Å². The van der Waals surface area contributed by atoms with Crippen LogP contribution in [0.2, 0.25) is 0 Å². The first-order chi connectivity index (χ1) is 29.2. The monoisotopic (exact) mass is 761 g/mol. The molecule has 0 N–H and O–H groups in total. The normalized spacial score (nSPS) is 16.3. The Bertz CT molecular complexity index is 2830. The van der Waals surface area contributed by atoms with Gasteiger partial charge in [-0.2, -0.15) is 0 Å². The third kappa shape index (κ3) is 6.53. The number of fused-ring (bicyclic) bond motifs is 12. The van der Waals surface area contributed by atoms with E-state index in [2.05, 4.69) is 186 Å². The van der Waals surface area contributed by atoms with Crippen LogP contribution in [0.25, 0.3) is 44.2 Å². The van der Waals surface area contributed by atoms with E-state index in [0.29, 0.717) is 6.54 Å². The second-order valence-corrected chi connectivity index (χ2v) is 15.3. The Labute approximate surface area is 348 Å².